The van der Waals surface area contributed by atoms with Crippen molar-refractivity contribution in [1.29, 1.82) is 0 Å². The van der Waals surface area contributed by atoms with Crippen molar-refractivity contribution in [3.8, 4) is 0 Å². The SMILES string of the molecule is O=C(N[C@@H](Nc1ccc([N+](=O)[O-])cc1)C(Cl)(Cl)Cl)c1cccc(I)c1. The smallest absolute Gasteiger partial charge is 0.269 e. The number of benzene rings is 2. The largest absolute Gasteiger partial charge is 0.362 e. The van der Waals surface area contributed by atoms with Gasteiger partial charge in [-0.15, -0.1) is 0 Å². The highest BCUT2D eigenvalue weighted by molar-refractivity contribution is 14.1. The Morgan fingerprint density at radius 3 is 2.32 bits per heavy atom. The summed E-state index contributed by atoms with van der Waals surface area (Å²) in [5.41, 5.74) is 0.792. The Bertz CT molecular complexity index is 782. The number of carbonyl (C=O) groups is 1. The van der Waals surface area contributed by atoms with Crippen molar-refractivity contribution in [2.75, 3.05) is 5.32 Å². The van der Waals surface area contributed by atoms with Crippen molar-refractivity contribution < 1.29 is 9.72 Å². The fraction of sp³-hybridized carbons (Fsp3) is 0.133. The number of alkyl halides is 3. The molecule has 0 heterocycles. The molecule has 0 bridgehead atoms. The summed E-state index contributed by atoms with van der Waals surface area (Å²) in [4.78, 5) is 22.5. The highest BCUT2D eigenvalue weighted by Gasteiger charge is 2.34. The van der Waals surface area contributed by atoms with Gasteiger partial charge in [0.1, 0.15) is 6.17 Å². The summed E-state index contributed by atoms with van der Waals surface area (Å²) in [6.07, 6.45) is -1.05. The van der Waals surface area contributed by atoms with Crippen molar-refractivity contribution in [2.45, 2.75) is 9.96 Å². The molecule has 0 aliphatic rings. The molecule has 10 heteroatoms. The third-order valence-corrected chi connectivity index (χ3v) is 4.40. The van der Waals surface area contributed by atoms with Crippen LogP contribution in [0, 0.1) is 13.7 Å². The molecule has 0 saturated carbocycles. The molecule has 0 aromatic heterocycles. The summed E-state index contributed by atoms with van der Waals surface area (Å²) in [5, 5.41) is 16.1. The molecule has 2 aromatic rings. The molecule has 1 amide bonds. The van der Waals surface area contributed by atoms with E-state index in [2.05, 4.69) is 33.2 Å². The predicted molar refractivity (Wildman–Crippen MR) is 107 cm³/mol. The molecule has 0 radical (unpaired) electrons. The van der Waals surface area contributed by atoms with E-state index in [0.717, 1.165) is 3.57 Å². The zero-order valence-electron chi connectivity index (χ0n) is 12.4. The van der Waals surface area contributed by atoms with Crippen LogP contribution in [0.25, 0.3) is 0 Å². The first-order valence-electron chi connectivity index (χ1n) is 6.81. The Balaban J connectivity index is 2.16. The highest BCUT2D eigenvalue weighted by atomic mass is 127. The molecule has 0 fully saturated rings. The van der Waals surface area contributed by atoms with E-state index in [1.165, 1.54) is 24.3 Å². The van der Waals surface area contributed by atoms with Crippen LogP contribution in [0.3, 0.4) is 0 Å². The lowest BCUT2D eigenvalue weighted by molar-refractivity contribution is -0.384. The van der Waals surface area contributed by atoms with Gasteiger partial charge in [0.05, 0.1) is 4.92 Å². The number of nitro benzene ring substituents is 1. The van der Waals surface area contributed by atoms with Crippen molar-refractivity contribution >= 4 is 74.7 Å². The van der Waals surface area contributed by atoms with Crippen LogP contribution in [0.2, 0.25) is 0 Å². The van der Waals surface area contributed by atoms with Gasteiger partial charge in [-0.05, 0) is 52.9 Å². The van der Waals surface area contributed by atoms with Gasteiger partial charge >= 0.3 is 0 Å². The minimum atomic E-state index is -1.85. The molecule has 2 N–H and O–H groups in total. The fourth-order valence-corrected chi connectivity index (χ4v) is 2.76. The maximum absolute atomic E-state index is 12.4. The quantitative estimate of drug-likeness (QED) is 0.199. The maximum atomic E-state index is 12.4. The normalized spacial score (nSPS) is 12.3. The summed E-state index contributed by atoms with van der Waals surface area (Å²) in [6.45, 7) is 0. The molecule has 2 rings (SSSR count). The van der Waals surface area contributed by atoms with Gasteiger partial charge in [0.2, 0.25) is 3.79 Å². The standard InChI is InChI=1S/C15H11Cl3IN3O3/c16-15(17,18)14(20-11-4-6-12(7-5-11)22(24)25)21-13(23)9-2-1-3-10(19)8-9/h1-8,14,20H,(H,21,23)/t14-/m1/s1. The van der Waals surface area contributed by atoms with Crippen molar-refractivity contribution in [1.82, 2.24) is 5.32 Å². The summed E-state index contributed by atoms with van der Waals surface area (Å²) in [6, 6.07) is 12.4. The number of rotatable bonds is 5. The number of nitrogens with zero attached hydrogens (tertiary/aromatic N) is 1. The molecule has 0 aliphatic carbocycles. The lowest BCUT2D eigenvalue weighted by Gasteiger charge is -2.27. The average molecular weight is 515 g/mol. The summed E-state index contributed by atoms with van der Waals surface area (Å²) >= 11 is 19.9. The van der Waals surface area contributed by atoms with Gasteiger partial charge in [0, 0.05) is 27.0 Å². The van der Waals surface area contributed by atoms with E-state index in [1.54, 1.807) is 18.2 Å². The van der Waals surface area contributed by atoms with Gasteiger partial charge in [-0.25, -0.2) is 0 Å². The Hall–Kier alpha value is -1.29. The van der Waals surface area contributed by atoms with Crippen LogP contribution in [0.5, 0.6) is 0 Å². The maximum Gasteiger partial charge on any atom is 0.269 e. The van der Waals surface area contributed by atoms with E-state index in [1.807, 2.05) is 6.07 Å². The Kier molecular flexibility index (Phi) is 6.72. The third-order valence-electron chi connectivity index (χ3n) is 3.08. The molecule has 0 spiro atoms. The van der Waals surface area contributed by atoms with Crippen LogP contribution >= 0.6 is 57.4 Å². The van der Waals surface area contributed by atoms with Gasteiger partial charge < -0.3 is 10.6 Å². The number of hydrogen-bond acceptors (Lipinski definition) is 4. The van der Waals surface area contributed by atoms with Crippen LogP contribution in [0.4, 0.5) is 11.4 Å². The van der Waals surface area contributed by atoms with Crippen molar-refractivity contribution in [3.05, 3.63) is 67.8 Å². The van der Waals surface area contributed by atoms with Crippen molar-refractivity contribution in [2.24, 2.45) is 0 Å². The second-order valence-electron chi connectivity index (χ2n) is 4.91. The van der Waals surface area contributed by atoms with Crippen LogP contribution in [0.1, 0.15) is 10.4 Å². The summed E-state index contributed by atoms with van der Waals surface area (Å²) in [5.74, 6) is -0.427. The number of nitro groups is 1. The van der Waals surface area contributed by atoms with E-state index in [9.17, 15) is 14.9 Å². The van der Waals surface area contributed by atoms with Crippen molar-refractivity contribution in [3.63, 3.8) is 0 Å². The van der Waals surface area contributed by atoms with Gasteiger partial charge in [0.15, 0.2) is 0 Å². The lowest BCUT2D eigenvalue weighted by Crippen LogP contribution is -2.49. The zero-order valence-corrected chi connectivity index (χ0v) is 16.8. The van der Waals surface area contributed by atoms with Gasteiger partial charge in [-0.2, -0.15) is 0 Å². The molecule has 0 unspecified atom stereocenters. The molecule has 0 saturated heterocycles. The average Bonchev–Trinajstić information content (AvgIpc) is 2.53. The highest BCUT2D eigenvalue weighted by Crippen LogP contribution is 2.31. The number of non-ortho nitro benzene ring substituents is 1. The third kappa shape index (κ3) is 5.88. The van der Waals surface area contributed by atoms with E-state index in [4.69, 9.17) is 34.8 Å². The Morgan fingerprint density at radius 1 is 1.16 bits per heavy atom. The first-order valence-corrected chi connectivity index (χ1v) is 9.02. The number of amides is 1. The molecule has 132 valence electrons. The number of halogens is 4. The van der Waals surface area contributed by atoms with Crippen LogP contribution in [0.15, 0.2) is 48.5 Å². The number of carbonyl (C=O) groups excluding carboxylic acids is 1. The van der Waals surface area contributed by atoms with Crippen LogP contribution in [-0.4, -0.2) is 20.8 Å². The number of hydrogen-bond donors (Lipinski definition) is 2. The van der Waals surface area contributed by atoms with Gasteiger partial charge in [-0.3, -0.25) is 14.9 Å². The molecular weight excluding hydrogens is 503 g/mol. The number of anilines is 1. The Morgan fingerprint density at radius 2 is 1.80 bits per heavy atom. The number of nitrogens with one attached hydrogen (secondary N) is 2. The van der Waals surface area contributed by atoms with Gasteiger partial charge in [0.25, 0.3) is 11.6 Å². The summed E-state index contributed by atoms with van der Waals surface area (Å²) < 4.78 is -0.960. The molecular formula is C15H11Cl3IN3O3. The van der Waals surface area contributed by atoms with E-state index < -0.39 is 20.8 Å². The first-order chi connectivity index (χ1) is 11.7. The monoisotopic (exact) mass is 513 g/mol. The minimum absolute atomic E-state index is 0.0705. The Labute approximate surface area is 172 Å². The van der Waals surface area contributed by atoms with E-state index in [0.29, 0.717) is 11.3 Å². The molecule has 2 aromatic carbocycles. The molecule has 6 nitrogen and oxygen atoms in total. The summed E-state index contributed by atoms with van der Waals surface area (Å²) in [7, 11) is 0. The second kappa shape index (κ2) is 8.39. The first kappa shape index (κ1) is 20.0. The predicted octanol–water partition coefficient (Wildman–Crippen LogP) is 4.74. The molecule has 25 heavy (non-hydrogen) atoms. The van der Waals surface area contributed by atoms with E-state index in [-0.39, 0.29) is 5.69 Å². The molecule has 0 aliphatic heterocycles. The minimum Gasteiger partial charge on any atom is -0.362 e. The van der Waals surface area contributed by atoms with Crippen LogP contribution in [-0.2, 0) is 0 Å². The zero-order chi connectivity index (χ0) is 18.6. The van der Waals surface area contributed by atoms with Crippen LogP contribution < -0.4 is 10.6 Å². The topological polar surface area (TPSA) is 84.3 Å². The molecule has 1 atom stereocenters. The fourth-order valence-electron chi connectivity index (χ4n) is 1.89. The van der Waals surface area contributed by atoms with E-state index >= 15 is 0 Å². The second-order valence-corrected chi connectivity index (χ2v) is 8.52. The lowest BCUT2D eigenvalue weighted by atomic mass is 10.2. The van der Waals surface area contributed by atoms with Gasteiger partial charge in [-0.1, -0.05) is 40.9 Å².